The molecule has 28 heavy (non-hydrogen) atoms. The molecule has 0 aromatic rings. The Hall–Kier alpha value is 0. The van der Waals surface area contributed by atoms with E-state index in [0.29, 0.717) is 0 Å². The van der Waals surface area contributed by atoms with E-state index in [-0.39, 0.29) is 0 Å². The molecule has 3 rings (SSSR count). The van der Waals surface area contributed by atoms with E-state index in [2.05, 4.69) is 41.5 Å². The van der Waals surface area contributed by atoms with Gasteiger partial charge in [0.05, 0.1) is 0 Å². The summed E-state index contributed by atoms with van der Waals surface area (Å²) in [5.41, 5.74) is 0. The smallest absolute Gasteiger partial charge is 0.0443 e. The summed E-state index contributed by atoms with van der Waals surface area (Å²) in [5, 5.41) is 0. The highest BCUT2D eigenvalue weighted by Crippen LogP contribution is 2.28. The molecule has 3 saturated carbocycles. The van der Waals surface area contributed by atoms with Gasteiger partial charge in [-0.1, -0.05) is 146 Å². The summed E-state index contributed by atoms with van der Waals surface area (Å²) in [6.07, 6.45) is 17.7. The van der Waals surface area contributed by atoms with Gasteiger partial charge in [0, 0.05) is 0 Å². The van der Waals surface area contributed by atoms with Crippen LogP contribution in [0.15, 0.2) is 0 Å². The Labute approximate surface area is 182 Å². The minimum absolute atomic E-state index is 1.02. The van der Waals surface area contributed by atoms with Gasteiger partial charge >= 0.3 is 0 Å². The molecule has 3 fully saturated rings. The fourth-order valence-electron chi connectivity index (χ4n) is 4.28. The van der Waals surface area contributed by atoms with E-state index in [9.17, 15) is 0 Å². The third-order valence-corrected chi connectivity index (χ3v) is 6.91. The normalized spacial score (nSPS) is 34.5. The van der Waals surface area contributed by atoms with Crippen LogP contribution in [-0.4, -0.2) is 0 Å². The van der Waals surface area contributed by atoms with Gasteiger partial charge in [-0.15, -0.1) is 0 Å². The van der Waals surface area contributed by atoms with Crippen molar-refractivity contribution in [2.75, 3.05) is 0 Å². The van der Waals surface area contributed by atoms with Crippen molar-refractivity contribution in [2.24, 2.45) is 35.5 Å². The van der Waals surface area contributed by atoms with Crippen molar-refractivity contribution in [3.8, 4) is 0 Å². The fourth-order valence-corrected chi connectivity index (χ4v) is 4.28. The third-order valence-electron chi connectivity index (χ3n) is 6.91. The summed E-state index contributed by atoms with van der Waals surface area (Å²) >= 11 is 0. The zero-order valence-corrected chi connectivity index (χ0v) is 21.9. The molecule has 0 aliphatic heterocycles. The topological polar surface area (TPSA) is 0 Å². The van der Waals surface area contributed by atoms with E-state index >= 15 is 0 Å². The molecule has 0 spiro atoms. The van der Waals surface area contributed by atoms with Crippen LogP contribution in [0.3, 0.4) is 0 Å². The maximum Gasteiger partial charge on any atom is -0.0443 e. The molecule has 0 N–H and O–H groups in total. The fraction of sp³-hybridized carbons (Fsp3) is 1.00. The van der Waals surface area contributed by atoms with Gasteiger partial charge in [-0.2, -0.15) is 0 Å². The monoisotopic (exact) mass is 396 g/mol. The average Bonchev–Trinajstić information content (AvgIpc) is 2.73. The summed E-state index contributed by atoms with van der Waals surface area (Å²) < 4.78 is 0. The van der Waals surface area contributed by atoms with E-state index in [1.165, 1.54) is 77.0 Å². The molecule has 0 saturated heterocycles. The van der Waals surface area contributed by atoms with Crippen LogP contribution in [0.4, 0.5) is 0 Å². The van der Waals surface area contributed by atoms with E-state index in [1.807, 2.05) is 27.7 Å². The Balaban J connectivity index is 0. The van der Waals surface area contributed by atoms with Crippen molar-refractivity contribution in [2.45, 2.75) is 146 Å². The lowest BCUT2D eigenvalue weighted by Crippen LogP contribution is -2.08. The molecular formula is C28H60. The number of hydrogen-bond acceptors (Lipinski definition) is 0. The second kappa shape index (κ2) is 20.3. The third kappa shape index (κ3) is 18.1. The quantitative estimate of drug-likeness (QED) is 0.382. The lowest BCUT2D eigenvalue weighted by Gasteiger charge is -2.22. The lowest BCUT2D eigenvalue weighted by atomic mass is 9.84. The van der Waals surface area contributed by atoms with Gasteiger partial charge in [0.25, 0.3) is 0 Å². The van der Waals surface area contributed by atoms with Crippen LogP contribution in [0.5, 0.6) is 0 Å². The standard InChI is InChI=1S/3C8H16.2C2H6/c3*1-7-3-5-8(2)6-4-7;2*1-2/h3*7-8H,3-6H2,1-2H3;2*1-2H3. The van der Waals surface area contributed by atoms with Crippen molar-refractivity contribution in [3.63, 3.8) is 0 Å². The molecule has 0 radical (unpaired) electrons. The van der Waals surface area contributed by atoms with Gasteiger partial charge in [0.2, 0.25) is 0 Å². The summed E-state index contributed by atoms with van der Waals surface area (Å²) in [4.78, 5) is 0. The largest absolute Gasteiger partial charge is 0.0683 e. The number of rotatable bonds is 0. The highest BCUT2D eigenvalue weighted by Gasteiger charge is 2.14. The molecule has 0 unspecified atom stereocenters. The molecule has 0 heteroatoms. The first-order chi connectivity index (χ1) is 13.4. The van der Waals surface area contributed by atoms with Crippen LogP contribution in [0.1, 0.15) is 146 Å². The van der Waals surface area contributed by atoms with Crippen molar-refractivity contribution >= 4 is 0 Å². The summed E-state index contributed by atoms with van der Waals surface area (Å²) in [6.45, 7) is 22.2. The van der Waals surface area contributed by atoms with Gasteiger partial charge < -0.3 is 0 Å². The molecule has 3 aliphatic rings. The van der Waals surface area contributed by atoms with E-state index in [1.54, 1.807) is 0 Å². The highest BCUT2D eigenvalue weighted by molar-refractivity contribution is 4.67. The van der Waals surface area contributed by atoms with E-state index in [0.717, 1.165) is 35.5 Å². The summed E-state index contributed by atoms with van der Waals surface area (Å²) in [7, 11) is 0. The lowest BCUT2D eigenvalue weighted by molar-refractivity contribution is 0.308. The molecule has 0 atom stereocenters. The first kappa shape index (κ1) is 30.2. The molecule has 3 aliphatic carbocycles. The Morgan fingerprint density at radius 1 is 0.250 bits per heavy atom. The van der Waals surface area contributed by atoms with Crippen LogP contribution in [0.25, 0.3) is 0 Å². The predicted molar refractivity (Wildman–Crippen MR) is 133 cm³/mol. The van der Waals surface area contributed by atoms with Crippen molar-refractivity contribution < 1.29 is 0 Å². The Morgan fingerprint density at radius 2 is 0.321 bits per heavy atom. The predicted octanol–water partition coefficient (Wildman–Crippen LogP) is 10.6. The maximum absolute atomic E-state index is 2.37. The molecule has 172 valence electrons. The molecule has 0 bridgehead atoms. The first-order valence-corrected chi connectivity index (χ1v) is 13.4. The molecule has 0 heterocycles. The van der Waals surface area contributed by atoms with Crippen molar-refractivity contribution in [1.29, 1.82) is 0 Å². The molecule has 0 aromatic carbocycles. The van der Waals surface area contributed by atoms with Gasteiger partial charge in [-0.25, -0.2) is 0 Å². The van der Waals surface area contributed by atoms with Gasteiger partial charge in [0.1, 0.15) is 0 Å². The molecular weight excluding hydrogens is 336 g/mol. The molecule has 0 nitrogen and oxygen atoms in total. The van der Waals surface area contributed by atoms with Gasteiger partial charge in [-0.3, -0.25) is 0 Å². The zero-order valence-electron chi connectivity index (χ0n) is 21.9. The Kier molecular flexibility index (Phi) is 21.9. The van der Waals surface area contributed by atoms with Crippen LogP contribution in [-0.2, 0) is 0 Å². The highest BCUT2D eigenvalue weighted by atomic mass is 14.2. The molecule has 0 amide bonds. The minimum Gasteiger partial charge on any atom is -0.0683 e. The van der Waals surface area contributed by atoms with Crippen LogP contribution in [0.2, 0.25) is 0 Å². The number of hydrogen-bond donors (Lipinski definition) is 0. The van der Waals surface area contributed by atoms with Crippen LogP contribution < -0.4 is 0 Å². The second-order valence-electron chi connectivity index (χ2n) is 10.1. The van der Waals surface area contributed by atoms with Crippen molar-refractivity contribution in [3.05, 3.63) is 0 Å². The zero-order chi connectivity index (χ0) is 21.9. The summed E-state index contributed by atoms with van der Waals surface area (Å²) in [5.74, 6) is 6.12. The Bertz CT molecular complexity index is 193. The van der Waals surface area contributed by atoms with Crippen LogP contribution in [0, 0.1) is 35.5 Å². The maximum atomic E-state index is 2.37. The second-order valence-corrected chi connectivity index (χ2v) is 10.1. The van der Waals surface area contributed by atoms with Gasteiger partial charge in [0.15, 0.2) is 0 Å². The van der Waals surface area contributed by atoms with Crippen LogP contribution >= 0.6 is 0 Å². The molecule has 0 aromatic heterocycles. The first-order valence-electron chi connectivity index (χ1n) is 13.4. The SMILES string of the molecule is CC.CC.CC1CCC(C)CC1.CC1CCC(C)CC1.CC1CCC(C)CC1. The minimum atomic E-state index is 1.02. The Morgan fingerprint density at radius 3 is 0.393 bits per heavy atom. The van der Waals surface area contributed by atoms with E-state index < -0.39 is 0 Å². The average molecular weight is 397 g/mol. The van der Waals surface area contributed by atoms with Gasteiger partial charge in [-0.05, 0) is 35.5 Å². The van der Waals surface area contributed by atoms with E-state index in [4.69, 9.17) is 0 Å². The van der Waals surface area contributed by atoms with Crippen molar-refractivity contribution in [1.82, 2.24) is 0 Å². The summed E-state index contributed by atoms with van der Waals surface area (Å²) in [6, 6.07) is 0.